The summed E-state index contributed by atoms with van der Waals surface area (Å²) in [4.78, 5) is 31.9. The maximum atomic E-state index is 12.9. The number of fused-ring (bicyclic) bond motifs is 1. The fraction of sp³-hybridized carbons (Fsp3) is 0.379. The molecule has 0 saturated carbocycles. The van der Waals surface area contributed by atoms with Crippen molar-refractivity contribution in [2.24, 2.45) is 5.92 Å². The summed E-state index contributed by atoms with van der Waals surface area (Å²) >= 11 is 0. The lowest BCUT2D eigenvalue weighted by Gasteiger charge is -2.34. The van der Waals surface area contributed by atoms with E-state index in [-0.39, 0.29) is 11.8 Å². The number of aromatic amines is 1. The van der Waals surface area contributed by atoms with Crippen molar-refractivity contribution >= 4 is 28.4 Å². The molecular formula is C29H35N7O2. The number of hydrogen-bond donors (Lipinski definition) is 2. The van der Waals surface area contributed by atoms with Crippen LogP contribution in [0.5, 0.6) is 0 Å². The van der Waals surface area contributed by atoms with Crippen molar-refractivity contribution in [2.75, 3.05) is 38.5 Å². The lowest BCUT2D eigenvalue weighted by atomic mass is 9.95. The maximum absolute atomic E-state index is 12.9. The van der Waals surface area contributed by atoms with Gasteiger partial charge in [-0.2, -0.15) is 0 Å². The summed E-state index contributed by atoms with van der Waals surface area (Å²) in [6.07, 6.45) is 9.93. The lowest BCUT2D eigenvalue weighted by Crippen LogP contribution is -2.39. The number of likely N-dealkylation sites (tertiary alicyclic amines) is 1. The van der Waals surface area contributed by atoms with Gasteiger partial charge in [-0.3, -0.25) is 14.2 Å². The van der Waals surface area contributed by atoms with Gasteiger partial charge < -0.3 is 20.1 Å². The van der Waals surface area contributed by atoms with Crippen LogP contribution in [-0.2, 0) is 11.2 Å². The molecule has 9 heteroatoms. The summed E-state index contributed by atoms with van der Waals surface area (Å²) in [5.41, 5.74) is 4.90. The maximum Gasteiger partial charge on any atom is 0.253 e. The first-order valence-corrected chi connectivity index (χ1v) is 13.3. The number of H-pyrrole nitrogens is 1. The molecule has 5 rings (SSSR count). The Morgan fingerprint density at radius 3 is 2.53 bits per heavy atom. The first kappa shape index (κ1) is 25.7. The Kier molecular flexibility index (Phi) is 7.83. The van der Waals surface area contributed by atoms with Crippen molar-refractivity contribution in [2.45, 2.75) is 32.6 Å². The second kappa shape index (κ2) is 11.6. The van der Waals surface area contributed by atoms with Crippen LogP contribution < -0.4 is 5.32 Å². The highest BCUT2D eigenvalue weighted by Gasteiger charge is 2.22. The van der Waals surface area contributed by atoms with E-state index in [0.717, 1.165) is 63.1 Å². The molecule has 0 aliphatic carbocycles. The number of nitrogens with zero attached hydrogens (tertiary/aromatic N) is 5. The van der Waals surface area contributed by atoms with Crippen molar-refractivity contribution in [1.82, 2.24) is 29.5 Å². The molecule has 2 N–H and O–H groups in total. The van der Waals surface area contributed by atoms with E-state index in [1.165, 1.54) is 17.9 Å². The van der Waals surface area contributed by atoms with E-state index in [9.17, 15) is 9.59 Å². The average molecular weight is 514 g/mol. The van der Waals surface area contributed by atoms with E-state index in [1.807, 2.05) is 16.5 Å². The van der Waals surface area contributed by atoms with Gasteiger partial charge in [-0.05, 0) is 99.3 Å². The summed E-state index contributed by atoms with van der Waals surface area (Å²) in [6, 6.07) is 13.5. The van der Waals surface area contributed by atoms with Gasteiger partial charge in [-0.15, -0.1) is 10.2 Å². The van der Waals surface area contributed by atoms with Gasteiger partial charge in [0, 0.05) is 54.6 Å². The van der Waals surface area contributed by atoms with Crippen LogP contribution in [-0.4, -0.2) is 74.6 Å². The lowest BCUT2D eigenvalue weighted by molar-refractivity contribution is -0.114. The summed E-state index contributed by atoms with van der Waals surface area (Å²) in [6.45, 7) is 5.47. The van der Waals surface area contributed by atoms with Gasteiger partial charge in [0.05, 0.1) is 0 Å². The molecular weight excluding hydrogens is 478 g/mol. The Bertz CT molecular complexity index is 1370. The number of amides is 2. The Hall–Kier alpha value is -3.98. The van der Waals surface area contributed by atoms with E-state index in [0.29, 0.717) is 17.2 Å². The number of hydrogen-bond acceptors (Lipinski definition) is 5. The minimum Gasteiger partial charge on any atom is -0.361 e. The molecule has 0 spiro atoms. The molecule has 2 aromatic heterocycles. The summed E-state index contributed by atoms with van der Waals surface area (Å²) in [5.74, 6) is 0.417. The molecule has 2 amide bonds. The number of carbonyl (C=O) groups is 2. The number of aryl methyl sites for hydroxylation is 1. The third kappa shape index (κ3) is 6.11. The zero-order chi connectivity index (χ0) is 26.5. The summed E-state index contributed by atoms with van der Waals surface area (Å²) in [5, 5.41) is 11.8. The molecule has 0 unspecified atom stereocenters. The minimum atomic E-state index is -0.122. The van der Waals surface area contributed by atoms with Gasteiger partial charge >= 0.3 is 0 Å². The van der Waals surface area contributed by atoms with E-state index in [4.69, 9.17) is 0 Å². The van der Waals surface area contributed by atoms with Crippen molar-refractivity contribution in [3.8, 4) is 5.69 Å². The molecule has 0 atom stereocenters. The molecule has 0 radical (unpaired) electrons. The Morgan fingerprint density at radius 1 is 1.08 bits per heavy atom. The van der Waals surface area contributed by atoms with E-state index < -0.39 is 0 Å². The SMILES string of the molecule is CC(=O)Nc1ccc(C(=O)N(C)CC2CCN(CCCc3c[nH]c4ccc(-n5cnnc5)cc34)CC2)cc1. The van der Waals surface area contributed by atoms with Crippen LogP contribution in [0.3, 0.4) is 0 Å². The highest BCUT2D eigenvalue weighted by Crippen LogP contribution is 2.24. The largest absolute Gasteiger partial charge is 0.361 e. The highest BCUT2D eigenvalue weighted by molar-refractivity contribution is 5.95. The molecule has 3 heterocycles. The summed E-state index contributed by atoms with van der Waals surface area (Å²) in [7, 11) is 1.88. The first-order valence-electron chi connectivity index (χ1n) is 13.3. The number of anilines is 1. The van der Waals surface area contributed by atoms with Gasteiger partial charge in [0.25, 0.3) is 5.91 Å². The number of rotatable bonds is 9. The molecule has 1 saturated heterocycles. The molecule has 9 nitrogen and oxygen atoms in total. The van der Waals surface area contributed by atoms with Crippen LogP contribution in [0.15, 0.2) is 61.3 Å². The number of nitrogens with one attached hydrogen (secondary N) is 2. The highest BCUT2D eigenvalue weighted by atomic mass is 16.2. The van der Waals surface area contributed by atoms with Crippen LogP contribution >= 0.6 is 0 Å². The Balaban J connectivity index is 1.06. The molecule has 198 valence electrons. The number of piperidine rings is 1. The van der Waals surface area contributed by atoms with E-state index in [2.05, 4.69) is 49.8 Å². The third-order valence-electron chi connectivity index (χ3n) is 7.43. The second-order valence-corrected chi connectivity index (χ2v) is 10.2. The van der Waals surface area contributed by atoms with Crippen LogP contribution in [0.1, 0.15) is 42.1 Å². The van der Waals surface area contributed by atoms with E-state index >= 15 is 0 Å². The van der Waals surface area contributed by atoms with Crippen LogP contribution in [0.25, 0.3) is 16.6 Å². The topological polar surface area (TPSA) is 99.2 Å². The molecule has 0 bridgehead atoms. The number of benzene rings is 2. The van der Waals surface area contributed by atoms with Crippen LogP contribution in [0.2, 0.25) is 0 Å². The second-order valence-electron chi connectivity index (χ2n) is 10.2. The molecule has 2 aromatic carbocycles. The monoisotopic (exact) mass is 513 g/mol. The van der Waals surface area contributed by atoms with Crippen LogP contribution in [0, 0.1) is 5.92 Å². The third-order valence-corrected chi connectivity index (χ3v) is 7.43. The van der Waals surface area contributed by atoms with Gasteiger partial charge in [0.2, 0.25) is 5.91 Å². The zero-order valence-corrected chi connectivity index (χ0v) is 22.1. The van der Waals surface area contributed by atoms with Crippen molar-refractivity contribution < 1.29 is 9.59 Å². The van der Waals surface area contributed by atoms with Gasteiger partial charge in [-0.25, -0.2) is 0 Å². The quantitative estimate of drug-likeness (QED) is 0.351. The molecule has 1 aliphatic heterocycles. The van der Waals surface area contributed by atoms with E-state index in [1.54, 1.807) is 36.9 Å². The van der Waals surface area contributed by atoms with Crippen molar-refractivity contribution in [1.29, 1.82) is 0 Å². The zero-order valence-electron chi connectivity index (χ0n) is 22.1. The predicted octanol–water partition coefficient (Wildman–Crippen LogP) is 4.12. The molecule has 38 heavy (non-hydrogen) atoms. The average Bonchev–Trinajstić information content (AvgIpc) is 3.60. The number of aromatic nitrogens is 4. The molecule has 1 aliphatic rings. The standard InChI is InChI=1S/C29H35N7O2/c1-21(37)33-25-7-5-23(6-8-25)29(38)34(2)18-22-11-14-35(15-12-22)13-3-4-24-17-30-28-10-9-26(16-27(24)28)36-19-31-32-20-36/h5-10,16-17,19-20,22,30H,3-4,11-15,18H2,1-2H3,(H,33,37). The smallest absolute Gasteiger partial charge is 0.253 e. The first-order chi connectivity index (χ1) is 18.5. The Labute approximate surface area is 222 Å². The fourth-order valence-corrected chi connectivity index (χ4v) is 5.34. The van der Waals surface area contributed by atoms with Crippen LogP contribution in [0.4, 0.5) is 5.69 Å². The van der Waals surface area contributed by atoms with Crippen molar-refractivity contribution in [3.05, 3.63) is 72.4 Å². The van der Waals surface area contributed by atoms with Gasteiger partial charge in [0.15, 0.2) is 0 Å². The van der Waals surface area contributed by atoms with Gasteiger partial charge in [0.1, 0.15) is 12.7 Å². The minimum absolute atomic E-state index is 0.0213. The Morgan fingerprint density at radius 2 is 1.82 bits per heavy atom. The molecule has 1 fully saturated rings. The summed E-state index contributed by atoms with van der Waals surface area (Å²) < 4.78 is 1.93. The number of carbonyl (C=O) groups excluding carboxylic acids is 2. The molecule has 4 aromatic rings. The van der Waals surface area contributed by atoms with Crippen molar-refractivity contribution in [3.63, 3.8) is 0 Å². The normalized spacial score (nSPS) is 14.6. The predicted molar refractivity (Wildman–Crippen MR) is 148 cm³/mol. The fourth-order valence-electron chi connectivity index (χ4n) is 5.34. The van der Waals surface area contributed by atoms with Gasteiger partial charge in [-0.1, -0.05) is 0 Å².